The van der Waals surface area contributed by atoms with E-state index in [0.29, 0.717) is 58.3 Å². The average Bonchev–Trinajstić information content (AvgIpc) is 3.60. The van der Waals surface area contributed by atoms with Crippen molar-refractivity contribution >= 4 is 46.4 Å². The Morgan fingerprint density at radius 1 is 1.18 bits per heavy atom. The summed E-state index contributed by atoms with van der Waals surface area (Å²) in [4.78, 5) is 25.2. The number of benzene rings is 1. The second-order valence-corrected chi connectivity index (χ2v) is 10.3. The molecule has 0 unspecified atom stereocenters. The Kier molecular flexibility index (Phi) is 6.69. The molecule has 4 N–H and O–H groups in total. The van der Waals surface area contributed by atoms with Gasteiger partial charge in [0, 0.05) is 31.2 Å². The van der Waals surface area contributed by atoms with Crippen molar-refractivity contribution in [1.29, 1.82) is 10.5 Å². The van der Waals surface area contributed by atoms with Gasteiger partial charge in [-0.1, -0.05) is 11.6 Å². The molecule has 3 atom stereocenters. The molecule has 2 fully saturated rings. The lowest BCUT2D eigenvalue weighted by molar-refractivity contribution is -0.124. The van der Waals surface area contributed by atoms with E-state index in [9.17, 15) is 15.3 Å². The number of nitrogens with one attached hydrogen (secondary N) is 2. The lowest BCUT2D eigenvalue weighted by Crippen LogP contribution is -2.61. The number of fused-ring (bicyclic) bond motifs is 1. The summed E-state index contributed by atoms with van der Waals surface area (Å²) in [7, 11) is 0. The van der Waals surface area contributed by atoms with Gasteiger partial charge >= 0.3 is 0 Å². The number of anilines is 4. The number of halogens is 1. The fraction of sp³-hybridized carbons (Fsp3) is 0.440. The number of amides is 1. The number of carbonyl (C=O) groups is 1. The van der Waals surface area contributed by atoms with E-state index in [1.54, 1.807) is 12.1 Å². The van der Waals surface area contributed by atoms with Crippen LogP contribution < -0.4 is 21.3 Å². The van der Waals surface area contributed by atoms with Crippen molar-refractivity contribution in [3.8, 4) is 12.1 Å². The summed E-state index contributed by atoms with van der Waals surface area (Å²) in [5.74, 6) is 0.331. The van der Waals surface area contributed by atoms with E-state index in [1.165, 1.54) is 10.7 Å². The minimum absolute atomic E-state index is 0.0209. The number of nitriles is 2. The van der Waals surface area contributed by atoms with Crippen LogP contribution in [0.1, 0.15) is 44.7 Å². The van der Waals surface area contributed by atoms with Gasteiger partial charge in [-0.3, -0.25) is 9.69 Å². The summed E-state index contributed by atoms with van der Waals surface area (Å²) in [5, 5.41) is 30.4. The number of carbonyl (C=O) groups excluding carboxylic acids is 1. The molecule has 1 aliphatic carbocycles. The molecule has 2 aliphatic rings. The van der Waals surface area contributed by atoms with E-state index in [0.717, 1.165) is 12.8 Å². The first-order valence-corrected chi connectivity index (χ1v) is 12.8. The highest BCUT2D eigenvalue weighted by Crippen LogP contribution is 2.38. The zero-order valence-corrected chi connectivity index (χ0v) is 22.1. The normalized spacial score (nSPS) is 20.5. The van der Waals surface area contributed by atoms with Gasteiger partial charge in [0.05, 0.1) is 40.3 Å². The van der Waals surface area contributed by atoms with E-state index in [4.69, 9.17) is 17.3 Å². The van der Waals surface area contributed by atoms with Crippen molar-refractivity contribution < 1.29 is 4.79 Å². The van der Waals surface area contributed by atoms with Crippen LogP contribution >= 0.6 is 11.6 Å². The van der Waals surface area contributed by atoms with Gasteiger partial charge in [0.15, 0.2) is 5.65 Å². The predicted molar refractivity (Wildman–Crippen MR) is 143 cm³/mol. The first kappa shape index (κ1) is 25.5. The first-order chi connectivity index (χ1) is 18.2. The molecular weight excluding hydrogens is 506 g/mol. The Bertz CT molecular complexity index is 1470. The molecule has 5 rings (SSSR count). The van der Waals surface area contributed by atoms with Gasteiger partial charge in [-0.2, -0.15) is 30.1 Å². The van der Waals surface area contributed by atoms with Crippen LogP contribution in [-0.4, -0.2) is 67.6 Å². The Morgan fingerprint density at radius 2 is 1.89 bits per heavy atom. The number of hydrogen-bond acceptors (Lipinski definition) is 10. The molecule has 1 saturated carbocycles. The van der Waals surface area contributed by atoms with Gasteiger partial charge in [0.1, 0.15) is 11.6 Å². The predicted octanol–water partition coefficient (Wildman–Crippen LogP) is 2.61. The third-order valence-electron chi connectivity index (χ3n) is 7.01. The summed E-state index contributed by atoms with van der Waals surface area (Å²) >= 11 is 6.91. The highest BCUT2D eigenvalue weighted by Gasteiger charge is 2.35. The Morgan fingerprint density at radius 3 is 2.50 bits per heavy atom. The Labute approximate surface area is 225 Å². The minimum atomic E-state index is -0.396. The Balaban J connectivity index is 1.49. The monoisotopic (exact) mass is 533 g/mol. The fourth-order valence-electron chi connectivity index (χ4n) is 5.07. The molecule has 0 radical (unpaired) electrons. The van der Waals surface area contributed by atoms with Gasteiger partial charge in [-0.05, 0) is 45.7 Å². The zero-order chi connectivity index (χ0) is 27.1. The van der Waals surface area contributed by atoms with Crippen LogP contribution in [0.4, 0.5) is 23.3 Å². The maximum absolute atomic E-state index is 11.9. The third kappa shape index (κ3) is 4.76. The summed E-state index contributed by atoms with van der Waals surface area (Å²) in [6, 6.07) is 7.66. The van der Waals surface area contributed by atoms with Crippen LogP contribution in [0.5, 0.6) is 0 Å². The van der Waals surface area contributed by atoms with Crippen LogP contribution in [0.2, 0.25) is 5.02 Å². The molecule has 1 amide bonds. The van der Waals surface area contributed by atoms with Gasteiger partial charge in [-0.25, -0.2) is 0 Å². The highest BCUT2D eigenvalue weighted by molar-refractivity contribution is 6.36. The molecular formula is C25H28ClN11O. The number of aromatic nitrogens is 4. The standard InChI is InChI=1S/C25H28ClN11O/c1-13-11-35(12-14(2)36(13)15(3)22(29)38)20-7-16(8-27)6-19(21(20)26)32-24-33-23-17(9-28)10-30-37(23)25(34-24)31-18-4-5-18/h6-7,10,13-15,18H,4-5,11-12H2,1-3H3,(H2,29,38)(H2,31,32,33,34)/t13-,14-,15-/m0/s1. The van der Waals surface area contributed by atoms with Crippen LogP contribution in [0.3, 0.4) is 0 Å². The maximum atomic E-state index is 11.9. The third-order valence-corrected chi connectivity index (χ3v) is 7.41. The number of piperazine rings is 1. The SMILES string of the molecule is C[C@H]1CN(c2cc(C#N)cc(Nc3nc(NC4CC4)n4ncc(C#N)c4n3)c2Cl)C[C@H](C)N1[C@@H](C)C(N)=O. The number of nitrogens with zero attached hydrogens (tertiary/aromatic N) is 8. The number of hydrogen-bond donors (Lipinski definition) is 3. The largest absolute Gasteiger partial charge is 0.368 e. The number of primary amides is 1. The van der Waals surface area contributed by atoms with Gasteiger partial charge in [0.2, 0.25) is 17.8 Å². The molecule has 196 valence electrons. The molecule has 13 heteroatoms. The van der Waals surface area contributed by atoms with E-state index in [2.05, 4.69) is 47.6 Å². The first-order valence-electron chi connectivity index (χ1n) is 12.4. The van der Waals surface area contributed by atoms with Crippen molar-refractivity contribution in [1.82, 2.24) is 24.5 Å². The van der Waals surface area contributed by atoms with Gasteiger partial charge in [-0.15, -0.1) is 0 Å². The van der Waals surface area contributed by atoms with Crippen molar-refractivity contribution in [2.45, 2.75) is 57.8 Å². The lowest BCUT2D eigenvalue weighted by atomic mass is 10.0. The van der Waals surface area contributed by atoms with E-state index in [1.807, 2.05) is 20.8 Å². The molecule has 0 spiro atoms. The zero-order valence-electron chi connectivity index (χ0n) is 21.3. The molecule has 3 heterocycles. The van der Waals surface area contributed by atoms with Crippen molar-refractivity contribution in [3.63, 3.8) is 0 Å². The molecule has 38 heavy (non-hydrogen) atoms. The van der Waals surface area contributed by atoms with E-state index < -0.39 is 6.04 Å². The average molecular weight is 534 g/mol. The fourth-order valence-corrected chi connectivity index (χ4v) is 5.35. The van der Waals surface area contributed by atoms with E-state index in [-0.39, 0.29) is 23.9 Å². The maximum Gasteiger partial charge on any atom is 0.234 e. The van der Waals surface area contributed by atoms with Crippen LogP contribution in [-0.2, 0) is 4.79 Å². The molecule has 0 bridgehead atoms. The molecule has 3 aromatic rings. The van der Waals surface area contributed by atoms with Gasteiger partial charge in [0.25, 0.3) is 0 Å². The molecule has 2 aromatic heterocycles. The summed E-state index contributed by atoms with van der Waals surface area (Å²) in [6.45, 7) is 7.08. The van der Waals surface area contributed by atoms with Crippen LogP contribution in [0, 0.1) is 22.7 Å². The molecule has 12 nitrogen and oxygen atoms in total. The quantitative estimate of drug-likeness (QED) is 0.411. The van der Waals surface area contributed by atoms with Crippen molar-refractivity contribution in [2.75, 3.05) is 28.6 Å². The second kappa shape index (κ2) is 9.97. The molecule has 1 saturated heterocycles. The summed E-state index contributed by atoms with van der Waals surface area (Å²) < 4.78 is 1.51. The Hall–Kier alpha value is -4.13. The number of rotatable bonds is 7. The molecule has 1 aliphatic heterocycles. The van der Waals surface area contributed by atoms with Crippen molar-refractivity contribution in [2.24, 2.45) is 5.73 Å². The summed E-state index contributed by atoms with van der Waals surface area (Å²) in [5.41, 5.74) is 7.84. The van der Waals surface area contributed by atoms with Crippen molar-refractivity contribution in [3.05, 3.63) is 34.5 Å². The van der Waals surface area contributed by atoms with Crippen LogP contribution in [0.25, 0.3) is 5.65 Å². The highest BCUT2D eigenvalue weighted by atomic mass is 35.5. The van der Waals surface area contributed by atoms with E-state index >= 15 is 0 Å². The smallest absolute Gasteiger partial charge is 0.234 e. The van der Waals surface area contributed by atoms with Crippen LogP contribution in [0.15, 0.2) is 18.3 Å². The topological polar surface area (TPSA) is 164 Å². The lowest BCUT2D eigenvalue weighted by Gasteiger charge is -2.47. The number of nitrogens with two attached hydrogens (primary N) is 1. The van der Waals surface area contributed by atoms with Gasteiger partial charge < -0.3 is 21.3 Å². The minimum Gasteiger partial charge on any atom is -0.368 e. The molecule has 1 aromatic carbocycles. The summed E-state index contributed by atoms with van der Waals surface area (Å²) in [6.07, 6.45) is 3.51. The second-order valence-electron chi connectivity index (χ2n) is 9.92.